The van der Waals surface area contributed by atoms with E-state index < -0.39 is 18.1 Å². The number of para-hydroxylation sites is 1. The highest BCUT2D eigenvalue weighted by Gasteiger charge is 2.29. The summed E-state index contributed by atoms with van der Waals surface area (Å²) in [6.45, 7) is 1.27. The molecule has 2 N–H and O–H groups in total. The fraction of sp³-hybridized carbons (Fsp3) is 0.333. The fourth-order valence-corrected chi connectivity index (χ4v) is 1.93. The van der Waals surface area contributed by atoms with Gasteiger partial charge < -0.3 is 14.9 Å². The lowest BCUT2D eigenvalue weighted by atomic mass is 10.2. The number of hydrogen-bond acceptors (Lipinski definition) is 6. The number of aliphatic hydroxyl groups is 1. The van der Waals surface area contributed by atoms with Crippen molar-refractivity contribution in [2.24, 2.45) is 0 Å². The van der Waals surface area contributed by atoms with Gasteiger partial charge in [-0.25, -0.2) is 9.48 Å². The first kappa shape index (κ1) is 15.2. The van der Waals surface area contributed by atoms with E-state index in [1.54, 1.807) is 24.3 Å². The average molecular weight is 313 g/mol. The van der Waals surface area contributed by atoms with Gasteiger partial charge in [0.1, 0.15) is 12.4 Å². The topological polar surface area (TPSA) is 110 Å². The summed E-state index contributed by atoms with van der Waals surface area (Å²) >= 11 is 5.95. The van der Waals surface area contributed by atoms with Crippen LogP contribution in [0.25, 0.3) is 0 Å². The predicted molar refractivity (Wildman–Crippen MR) is 72.0 cm³/mol. The maximum absolute atomic E-state index is 11.2. The predicted octanol–water partition coefficient (Wildman–Crippen LogP) is 0.912. The molecule has 0 aliphatic rings. The summed E-state index contributed by atoms with van der Waals surface area (Å²) in [6.07, 6.45) is -1.16. The van der Waals surface area contributed by atoms with E-state index >= 15 is 0 Å². The van der Waals surface area contributed by atoms with E-state index in [2.05, 4.69) is 15.5 Å². The second-order valence-corrected chi connectivity index (χ2v) is 4.69. The molecule has 0 spiro atoms. The summed E-state index contributed by atoms with van der Waals surface area (Å²) in [5.41, 5.74) is 0. The van der Waals surface area contributed by atoms with Crippen molar-refractivity contribution in [2.45, 2.75) is 25.7 Å². The van der Waals surface area contributed by atoms with Crippen molar-refractivity contribution >= 4 is 17.6 Å². The number of aliphatic carboxylic acids is 1. The Morgan fingerprint density at radius 3 is 2.81 bits per heavy atom. The zero-order chi connectivity index (χ0) is 15.4. The Morgan fingerprint density at radius 2 is 2.19 bits per heavy atom. The number of tetrazole rings is 1. The molecule has 0 bridgehead atoms. The Balaban J connectivity index is 2.17. The number of hydrogen-bond donors (Lipinski definition) is 2. The third-order valence-corrected chi connectivity index (χ3v) is 3.04. The normalized spacial score (nSPS) is 13.7. The van der Waals surface area contributed by atoms with Gasteiger partial charge in [0.15, 0.2) is 11.9 Å². The molecule has 1 heterocycles. The van der Waals surface area contributed by atoms with Crippen LogP contribution in [-0.2, 0) is 11.4 Å². The highest BCUT2D eigenvalue weighted by molar-refractivity contribution is 6.32. The fourth-order valence-electron chi connectivity index (χ4n) is 1.74. The highest BCUT2D eigenvalue weighted by atomic mass is 35.5. The average Bonchev–Trinajstić information content (AvgIpc) is 2.85. The molecule has 2 aromatic rings. The lowest BCUT2D eigenvalue weighted by Gasteiger charge is -2.16. The summed E-state index contributed by atoms with van der Waals surface area (Å²) in [6, 6.07) is 5.55. The molecule has 0 radical (unpaired) electrons. The molecule has 0 fully saturated rings. The van der Waals surface area contributed by atoms with Crippen LogP contribution in [0.2, 0.25) is 5.02 Å². The molecular formula is C12H13ClN4O4. The van der Waals surface area contributed by atoms with E-state index in [4.69, 9.17) is 21.4 Å². The number of ether oxygens (including phenoxy) is 1. The van der Waals surface area contributed by atoms with Crippen molar-refractivity contribution in [2.75, 3.05) is 0 Å². The third kappa shape index (κ3) is 3.47. The Hall–Kier alpha value is -2.19. The van der Waals surface area contributed by atoms with E-state index in [1.807, 2.05) is 0 Å². The molecule has 0 saturated heterocycles. The van der Waals surface area contributed by atoms with Gasteiger partial charge in [0.25, 0.3) is 0 Å². The van der Waals surface area contributed by atoms with Crippen LogP contribution in [0.3, 0.4) is 0 Å². The molecule has 1 aromatic carbocycles. The van der Waals surface area contributed by atoms with E-state index in [1.165, 1.54) is 6.92 Å². The van der Waals surface area contributed by atoms with E-state index in [0.29, 0.717) is 10.8 Å². The first-order valence-corrected chi connectivity index (χ1v) is 6.43. The van der Waals surface area contributed by atoms with Crippen LogP contribution in [0.4, 0.5) is 0 Å². The molecule has 0 aliphatic heterocycles. The largest absolute Gasteiger partial charge is 0.484 e. The molecule has 2 unspecified atom stereocenters. The number of aromatic nitrogens is 4. The Bertz CT molecular complexity index is 631. The number of benzene rings is 1. The Morgan fingerprint density at radius 1 is 1.48 bits per heavy atom. The molecule has 8 nitrogen and oxygen atoms in total. The van der Waals surface area contributed by atoms with Crippen LogP contribution in [0.1, 0.15) is 18.8 Å². The van der Waals surface area contributed by atoms with Gasteiger partial charge in [-0.3, -0.25) is 0 Å². The van der Waals surface area contributed by atoms with Gasteiger partial charge in [0, 0.05) is 0 Å². The SMILES string of the molecule is CC(O)C(C(=O)O)n1nnnc1COc1ccccc1Cl. The van der Waals surface area contributed by atoms with Crippen LogP contribution in [0.15, 0.2) is 24.3 Å². The first-order chi connectivity index (χ1) is 10.0. The minimum absolute atomic E-state index is 0.0762. The van der Waals surface area contributed by atoms with Gasteiger partial charge in [-0.1, -0.05) is 23.7 Å². The molecule has 2 rings (SSSR count). The Labute approximate surface area is 124 Å². The monoisotopic (exact) mass is 312 g/mol. The van der Waals surface area contributed by atoms with Crippen LogP contribution in [0.5, 0.6) is 5.75 Å². The molecule has 2 atom stereocenters. The van der Waals surface area contributed by atoms with Crippen LogP contribution >= 0.6 is 11.6 Å². The van der Waals surface area contributed by atoms with E-state index in [9.17, 15) is 9.90 Å². The van der Waals surface area contributed by atoms with E-state index in [0.717, 1.165) is 4.68 Å². The van der Waals surface area contributed by atoms with Gasteiger partial charge in [0.2, 0.25) is 0 Å². The number of nitrogens with zero attached hydrogens (tertiary/aromatic N) is 4. The summed E-state index contributed by atoms with van der Waals surface area (Å²) in [5, 5.41) is 29.8. The summed E-state index contributed by atoms with van der Waals surface area (Å²) in [5.74, 6) is -0.642. The minimum atomic E-state index is -1.29. The molecule has 9 heteroatoms. The van der Waals surface area contributed by atoms with Gasteiger partial charge in [0.05, 0.1) is 11.1 Å². The van der Waals surface area contributed by atoms with Crippen molar-refractivity contribution in [3.05, 3.63) is 35.1 Å². The zero-order valence-corrected chi connectivity index (χ0v) is 11.8. The summed E-state index contributed by atoms with van der Waals surface area (Å²) < 4.78 is 6.48. The van der Waals surface area contributed by atoms with Crippen molar-refractivity contribution in [1.82, 2.24) is 20.2 Å². The Kier molecular flexibility index (Phi) is 4.71. The van der Waals surface area contributed by atoms with Gasteiger partial charge >= 0.3 is 5.97 Å². The van der Waals surface area contributed by atoms with Crippen molar-refractivity contribution in [3.63, 3.8) is 0 Å². The molecule has 1 aromatic heterocycles. The van der Waals surface area contributed by atoms with Crippen molar-refractivity contribution in [3.8, 4) is 5.75 Å². The second kappa shape index (κ2) is 6.51. The number of carboxylic acid groups (broad SMARTS) is 1. The molecule has 21 heavy (non-hydrogen) atoms. The number of carbonyl (C=O) groups is 1. The second-order valence-electron chi connectivity index (χ2n) is 4.28. The molecule has 0 saturated carbocycles. The smallest absolute Gasteiger partial charge is 0.331 e. The standard InChI is InChI=1S/C12H13ClN4O4/c1-7(18)11(12(19)20)17-10(14-15-16-17)6-21-9-5-3-2-4-8(9)13/h2-5,7,11,18H,6H2,1H3,(H,19,20). The van der Waals surface area contributed by atoms with Crippen LogP contribution < -0.4 is 4.74 Å². The van der Waals surface area contributed by atoms with E-state index in [-0.39, 0.29) is 12.4 Å². The third-order valence-electron chi connectivity index (χ3n) is 2.73. The van der Waals surface area contributed by atoms with Gasteiger partial charge in [-0.15, -0.1) is 5.10 Å². The van der Waals surface area contributed by atoms with Gasteiger partial charge in [-0.2, -0.15) is 0 Å². The van der Waals surface area contributed by atoms with Crippen molar-refractivity contribution in [1.29, 1.82) is 0 Å². The lowest BCUT2D eigenvalue weighted by Crippen LogP contribution is -2.31. The molecule has 112 valence electrons. The number of halogens is 1. The molecule has 0 aliphatic carbocycles. The number of rotatable bonds is 6. The summed E-state index contributed by atoms with van der Waals surface area (Å²) in [4.78, 5) is 11.2. The maximum atomic E-state index is 11.2. The molecule has 0 amide bonds. The number of aliphatic hydroxyl groups excluding tert-OH is 1. The molecular weight excluding hydrogens is 300 g/mol. The lowest BCUT2D eigenvalue weighted by molar-refractivity contribution is -0.144. The summed E-state index contributed by atoms with van der Waals surface area (Å²) in [7, 11) is 0. The number of carboxylic acids is 1. The first-order valence-electron chi connectivity index (χ1n) is 6.05. The highest BCUT2D eigenvalue weighted by Crippen LogP contribution is 2.24. The zero-order valence-electron chi connectivity index (χ0n) is 11.0. The quantitative estimate of drug-likeness (QED) is 0.815. The maximum Gasteiger partial charge on any atom is 0.331 e. The van der Waals surface area contributed by atoms with Crippen molar-refractivity contribution < 1.29 is 19.7 Å². The van der Waals surface area contributed by atoms with Gasteiger partial charge in [-0.05, 0) is 29.5 Å². The van der Waals surface area contributed by atoms with Crippen LogP contribution in [0, 0.1) is 0 Å². The van der Waals surface area contributed by atoms with Crippen LogP contribution in [-0.4, -0.2) is 42.5 Å². The minimum Gasteiger partial charge on any atom is -0.484 e.